The zero-order chi connectivity index (χ0) is 27.4. The average molecular weight is 519 g/mol. The molecule has 1 aliphatic rings. The predicted molar refractivity (Wildman–Crippen MR) is 142 cm³/mol. The van der Waals surface area contributed by atoms with Crippen LogP contribution in [0, 0.1) is 24.1 Å². The molecule has 4 rings (SSSR count). The van der Waals surface area contributed by atoms with E-state index in [1.807, 2.05) is 6.07 Å². The molecule has 1 N–H and O–H groups in total. The lowest BCUT2D eigenvalue weighted by atomic mass is 10.0. The van der Waals surface area contributed by atoms with Crippen LogP contribution in [0.3, 0.4) is 0 Å². The second kappa shape index (κ2) is 11.4. The first kappa shape index (κ1) is 26.8. The molecule has 2 atom stereocenters. The van der Waals surface area contributed by atoms with Gasteiger partial charge in [0.15, 0.2) is 0 Å². The minimum Gasteiger partial charge on any atom is -0.465 e. The number of benzene rings is 2. The number of nitrogens with one attached hydrogen (secondary N) is 1. The molecule has 3 aromatic rings. The minimum absolute atomic E-state index is 0.0784. The van der Waals surface area contributed by atoms with Gasteiger partial charge in [0.1, 0.15) is 11.9 Å². The van der Waals surface area contributed by atoms with Crippen molar-refractivity contribution in [2.45, 2.75) is 39.8 Å². The van der Waals surface area contributed by atoms with Crippen LogP contribution in [-0.2, 0) is 9.53 Å². The predicted octanol–water partition coefficient (Wildman–Crippen LogP) is 3.91. The molecule has 38 heavy (non-hydrogen) atoms. The van der Waals surface area contributed by atoms with Crippen LogP contribution in [0.4, 0.5) is 15.8 Å². The van der Waals surface area contributed by atoms with Crippen molar-refractivity contribution in [2.75, 3.05) is 36.5 Å². The highest BCUT2D eigenvalue weighted by Crippen LogP contribution is 2.28. The SMILES string of the molecule is CCOC(=O)CN1C(C)CN(c2ccc(NC(=O)c3cnn(-c4ccc(F)cc4)c3C)cc2C#N)CC1C. The summed E-state index contributed by atoms with van der Waals surface area (Å²) in [5.41, 5.74) is 3.34. The van der Waals surface area contributed by atoms with Crippen molar-refractivity contribution in [3.8, 4) is 11.8 Å². The summed E-state index contributed by atoms with van der Waals surface area (Å²) in [4.78, 5) is 29.3. The molecule has 198 valence electrons. The van der Waals surface area contributed by atoms with Gasteiger partial charge in [0.25, 0.3) is 5.91 Å². The highest BCUT2D eigenvalue weighted by Gasteiger charge is 2.32. The van der Waals surface area contributed by atoms with E-state index in [0.29, 0.717) is 47.9 Å². The van der Waals surface area contributed by atoms with E-state index in [1.165, 1.54) is 18.3 Å². The van der Waals surface area contributed by atoms with Crippen LogP contribution in [0.5, 0.6) is 0 Å². The molecular formula is C28H31FN6O3. The number of amides is 1. The number of nitriles is 1. The van der Waals surface area contributed by atoms with Gasteiger partial charge in [-0.2, -0.15) is 10.4 Å². The van der Waals surface area contributed by atoms with Gasteiger partial charge in [0.2, 0.25) is 0 Å². The largest absolute Gasteiger partial charge is 0.465 e. The van der Waals surface area contributed by atoms with Crippen LogP contribution in [0.1, 0.15) is 42.4 Å². The van der Waals surface area contributed by atoms with Crippen molar-refractivity contribution < 1.29 is 18.7 Å². The van der Waals surface area contributed by atoms with E-state index in [2.05, 4.69) is 40.1 Å². The summed E-state index contributed by atoms with van der Waals surface area (Å²) in [6, 6.07) is 13.5. The first-order valence-corrected chi connectivity index (χ1v) is 12.5. The molecule has 0 saturated carbocycles. The second-order valence-corrected chi connectivity index (χ2v) is 9.41. The smallest absolute Gasteiger partial charge is 0.320 e. The number of ether oxygens (including phenoxy) is 1. The van der Waals surface area contributed by atoms with Crippen molar-refractivity contribution in [1.82, 2.24) is 14.7 Å². The molecule has 2 aromatic carbocycles. The Labute approximate surface area is 221 Å². The van der Waals surface area contributed by atoms with Gasteiger partial charge >= 0.3 is 5.97 Å². The molecule has 2 unspecified atom stereocenters. The fourth-order valence-electron chi connectivity index (χ4n) is 4.87. The van der Waals surface area contributed by atoms with E-state index in [9.17, 15) is 19.2 Å². The molecule has 0 aliphatic carbocycles. The van der Waals surface area contributed by atoms with Gasteiger partial charge in [-0.15, -0.1) is 0 Å². The molecule has 0 spiro atoms. The van der Waals surface area contributed by atoms with E-state index in [0.717, 1.165) is 5.69 Å². The molecule has 0 radical (unpaired) electrons. The fourth-order valence-corrected chi connectivity index (χ4v) is 4.87. The Bertz CT molecular complexity index is 1350. The number of hydrogen-bond donors (Lipinski definition) is 1. The van der Waals surface area contributed by atoms with Crippen LogP contribution in [0.2, 0.25) is 0 Å². The molecule has 0 bridgehead atoms. The van der Waals surface area contributed by atoms with Crippen LogP contribution in [-0.4, -0.2) is 64.9 Å². The topological polar surface area (TPSA) is 103 Å². The summed E-state index contributed by atoms with van der Waals surface area (Å²) in [5.74, 6) is -0.950. The zero-order valence-corrected chi connectivity index (χ0v) is 21.9. The number of carbonyl (C=O) groups is 2. The Morgan fingerprint density at radius 3 is 2.47 bits per heavy atom. The Balaban J connectivity index is 1.47. The van der Waals surface area contributed by atoms with Crippen LogP contribution >= 0.6 is 0 Å². The second-order valence-electron chi connectivity index (χ2n) is 9.41. The van der Waals surface area contributed by atoms with Gasteiger partial charge in [-0.1, -0.05) is 0 Å². The zero-order valence-electron chi connectivity index (χ0n) is 21.9. The summed E-state index contributed by atoms with van der Waals surface area (Å²) < 4.78 is 20.0. The Kier molecular flexibility index (Phi) is 8.08. The third kappa shape index (κ3) is 5.68. The van der Waals surface area contributed by atoms with Crippen molar-refractivity contribution in [1.29, 1.82) is 5.26 Å². The molecule has 1 fully saturated rings. The molecule has 2 heterocycles. The number of halogens is 1. The molecule has 1 amide bonds. The monoisotopic (exact) mass is 518 g/mol. The Morgan fingerprint density at radius 1 is 1.16 bits per heavy atom. The molecule has 1 aromatic heterocycles. The number of carbonyl (C=O) groups excluding carboxylic acids is 2. The van der Waals surface area contributed by atoms with Gasteiger partial charge in [-0.25, -0.2) is 9.07 Å². The molecule has 10 heteroatoms. The third-order valence-electron chi connectivity index (χ3n) is 6.76. The number of piperazine rings is 1. The van der Waals surface area contributed by atoms with Crippen molar-refractivity contribution >= 4 is 23.3 Å². The standard InChI is InChI=1S/C28H31FN6O3/c1-5-38-27(36)17-34-18(2)15-33(16-19(34)3)26-11-8-23(12-21(26)13-30)32-28(37)25-14-31-35(20(25)4)24-9-6-22(29)7-10-24/h6-12,14,18-19H,5,15-17H2,1-4H3,(H,32,37). The molecule has 1 aliphatic heterocycles. The van der Waals surface area contributed by atoms with E-state index in [-0.39, 0.29) is 36.3 Å². The summed E-state index contributed by atoms with van der Waals surface area (Å²) >= 11 is 0. The van der Waals surface area contributed by atoms with Crippen LogP contribution in [0.25, 0.3) is 5.69 Å². The number of hydrogen-bond acceptors (Lipinski definition) is 7. The van der Waals surface area contributed by atoms with Gasteiger partial charge in [0.05, 0.1) is 47.5 Å². The molecular weight excluding hydrogens is 487 g/mol. The van der Waals surface area contributed by atoms with Crippen LogP contribution < -0.4 is 10.2 Å². The number of esters is 1. The van der Waals surface area contributed by atoms with Crippen LogP contribution in [0.15, 0.2) is 48.7 Å². The lowest BCUT2D eigenvalue weighted by molar-refractivity contribution is -0.145. The fraction of sp³-hybridized carbons (Fsp3) is 0.357. The number of rotatable bonds is 7. The van der Waals surface area contributed by atoms with E-state index < -0.39 is 0 Å². The minimum atomic E-state index is -0.359. The molecule has 9 nitrogen and oxygen atoms in total. The van der Waals surface area contributed by atoms with E-state index in [1.54, 1.807) is 42.8 Å². The Hall–Kier alpha value is -4.23. The first-order valence-electron chi connectivity index (χ1n) is 12.5. The lowest BCUT2D eigenvalue weighted by Crippen LogP contribution is -2.58. The maximum atomic E-state index is 13.3. The highest BCUT2D eigenvalue weighted by molar-refractivity contribution is 6.05. The lowest BCUT2D eigenvalue weighted by Gasteiger charge is -2.45. The summed E-state index contributed by atoms with van der Waals surface area (Å²) in [7, 11) is 0. The van der Waals surface area contributed by atoms with E-state index in [4.69, 9.17) is 4.74 Å². The number of anilines is 2. The maximum Gasteiger partial charge on any atom is 0.320 e. The average Bonchev–Trinajstić information content (AvgIpc) is 3.28. The quantitative estimate of drug-likeness (QED) is 0.473. The summed E-state index contributed by atoms with van der Waals surface area (Å²) in [5, 5.41) is 17.0. The summed E-state index contributed by atoms with van der Waals surface area (Å²) in [6.07, 6.45) is 1.46. The highest BCUT2D eigenvalue weighted by atomic mass is 19.1. The van der Waals surface area contributed by atoms with Crippen molar-refractivity contribution in [2.24, 2.45) is 0 Å². The number of nitrogens with zero attached hydrogens (tertiary/aromatic N) is 5. The van der Waals surface area contributed by atoms with Crippen molar-refractivity contribution in [3.63, 3.8) is 0 Å². The third-order valence-corrected chi connectivity index (χ3v) is 6.76. The van der Waals surface area contributed by atoms with Gasteiger partial charge in [-0.05, 0) is 70.2 Å². The van der Waals surface area contributed by atoms with E-state index >= 15 is 0 Å². The summed E-state index contributed by atoms with van der Waals surface area (Å²) in [6.45, 7) is 9.54. The normalized spacial score (nSPS) is 17.6. The Morgan fingerprint density at radius 2 is 1.84 bits per heavy atom. The maximum absolute atomic E-state index is 13.3. The van der Waals surface area contributed by atoms with Gasteiger partial charge < -0.3 is 15.0 Å². The van der Waals surface area contributed by atoms with Gasteiger partial charge in [-0.3, -0.25) is 14.5 Å². The number of aromatic nitrogens is 2. The molecule has 1 saturated heterocycles. The first-order chi connectivity index (χ1) is 18.2. The van der Waals surface area contributed by atoms with Gasteiger partial charge in [0, 0.05) is 30.9 Å². The van der Waals surface area contributed by atoms with Crippen molar-refractivity contribution in [3.05, 3.63) is 71.3 Å².